The Bertz CT molecular complexity index is 792. The predicted molar refractivity (Wildman–Crippen MR) is 87.0 cm³/mol. The minimum absolute atomic E-state index is 0.0316. The standard InChI is InChI=1S/C17H19NO6/c1-11(20)13-6-12(9-23-10-19)7-14-15(21)8-16(24-17(13)14)18-2-4-22-5-3-18/h6-8,10-11,20H,2-5,9H2,1H3. The van der Waals surface area contributed by atoms with Crippen LogP contribution in [0.3, 0.4) is 0 Å². The fraction of sp³-hybridized carbons (Fsp3) is 0.412. The Balaban J connectivity index is 2.12. The number of morpholine rings is 1. The highest BCUT2D eigenvalue weighted by atomic mass is 16.5. The number of carbonyl (C=O) groups excluding carboxylic acids is 1. The molecule has 1 fully saturated rings. The molecule has 7 nitrogen and oxygen atoms in total. The number of hydrogen-bond acceptors (Lipinski definition) is 7. The van der Waals surface area contributed by atoms with Crippen LogP contribution in [0.2, 0.25) is 0 Å². The lowest BCUT2D eigenvalue weighted by molar-refractivity contribution is -0.129. The summed E-state index contributed by atoms with van der Waals surface area (Å²) in [5, 5.41) is 10.4. The summed E-state index contributed by atoms with van der Waals surface area (Å²) in [6.45, 7) is 4.41. The first-order valence-corrected chi connectivity index (χ1v) is 7.77. The molecule has 1 saturated heterocycles. The molecule has 0 aliphatic carbocycles. The van der Waals surface area contributed by atoms with Crippen molar-refractivity contribution in [1.82, 2.24) is 0 Å². The molecule has 1 aromatic carbocycles. The van der Waals surface area contributed by atoms with Gasteiger partial charge in [-0.25, -0.2) is 0 Å². The van der Waals surface area contributed by atoms with Crippen molar-refractivity contribution in [2.24, 2.45) is 0 Å². The molecule has 7 heteroatoms. The average molecular weight is 333 g/mol. The summed E-state index contributed by atoms with van der Waals surface area (Å²) in [6, 6.07) is 4.76. The number of ether oxygens (including phenoxy) is 2. The maximum atomic E-state index is 12.5. The van der Waals surface area contributed by atoms with Crippen LogP contribution >= 0.6 is 0 Å². The van der Waals surface area contributed by atoms with Gasteiger partial charge in [0.1, 0.15) is 12.2 Å². The van der Waals surface area contributed by atoms with Gasteiger partial charge in [0, 0.05) is 24.7 Å². The molecule has 3 rings (SSSR count). The van der Waals surface area contributed by atoms with Crippen molar-refractivity contribution in [2.45, 2.75) is 19.6 Å². The molecule has 0 bridgehead atoms. The fourth-order valence-electron chi connectivity index (χ4n) is 2.80. The Labute approximate surface area is 138 Å². The van der Waals surface area contributed by atoms with Crippen molar-refractivity contribution in [3.05, 3.63) is 39.5 Å². The summed E-state index contributed by atoms with van der Waals surface area (Å²) < 4.78 is 16.0. The third kappa shape index (κ3) is 3.27. The summed E-state index contributed by atoms with van der Waals surface area (Å²) in [7, 11) is 0. The normalized spacial score (nSPS) is 16.2. The molecular formula is C17H19NO6. The highest BCUT2D eigenvalue weighted by molar-refractivity contribution is 5.82. The molecule has 0 spiro atoms. The Morgan fingerprint density at radius 3 is 2.75 bits per heavy atom. The van der Waals surface area contributed by atoms with Gasteiger partial charge in [-0.2, -0.15) is 0 Å². The van der Waals surface area contributed by atoms with E-state index >= 15 is 0 Å². The molecule has 1 aliphatic heterocycles. The lowest BCUT2D eigenvalue weighted by Gasteiger charge is -2.27. The maximum absolute atomic E-state index is 12.5. The zero-order valence-electron chi connectivity index (χ0n) is 13.4. The third-order valence-corrected chi connectivity index (χ3v) is 3.99. The van der Waals surface area contributed by atoms with Crippen molar-refractivity contribution in [3.8, 4) is 0 Å². The molecule has 0 saturated carbocycles. The van der Waals surface area contributed by atoms with Crippen molar-refractivity contribution in [3.63, 3.8) is 0 Å². The van der Waals surface area contributed by atoms with Crippen LogP contribution in [0, 0.1) is 0 Å². The van der Waals surface area contributed by atoms with E-state index in [2.05, 4.69) is 0 Å². The highest BCUT2D eigenvalue weighted by Gasteiger charge is 2.19. The molecule has 128 valence electrons. The molecule has 1 aliphatic rings. The van der Waals surface area contributed by atoms with Crippen LogP contribution in [0.4, 0.5) is 5.88 Å². The molecule has 2 heterocycles. The minimum atomic E-state index is -0.827. The first kappa shape index (κ1) is 16.5. The van der Waals surface area contributed by atoms with Gasteiger partial charge in [-0.1, -0.05) is 0 Å². The Kier molecular flexibility index (Phi) is 4.82. The quantitative estimate of drug-likeness (QED) is 0.826. The largest absolute Gasteiger partial charge is 0.463 e. The average Bonchev–Trinajstić information content (AvgIpc) is 2.60. The molecule has 0 amide bonds. The first-order chi connectivity index (χ1) is 11.6. The zero-order valence-corrected chi connectivity index (χ0v) is 13.4. The number of hydrogen-bond donors (Lipinski definition) is 1. The van der Waals surface area contributed by atoms with Gasteiger partial charge in [-0.15, -0.1) is 0 Å². The molecule has 1 aromatic heterocycles. The molecule has 1 unspecified atom stereocenters. The van der Waals surface area contributed by atoms with Gasteiger partial charge in [0.05, 0.1) is 24.7 Å². The number of anilines is 1. The zero-order chi connectivity index (χ0) is 17.1. The van der Waals surface area contributed by atoms with Gasteiger partial charge >= 0.3 is 0 Å². The van der Waals surface area contributed by atoms with Crippen LogP contribution in [-0.2, 0) is 20.9 Å². The van der Waals surface area contributed by atoms with Gasteiger partial charge in [0.15, 0.2) is 11.3 Å². The second-order valence-electron chi connectivity index (χ2n) is 5.69. The van der Waals surface area contributed by atoms with Crippen LogP contribution in [0.25, 0.3) is 11.0 Å². The SMILES string of the molecule is CC(O)c1cc(COC=O)cc2c(=O)cc(N3CCOCC3)oc12. The van der Waals surface area contributed by atoms with Crippen LogP contribution in [0.1, 0.15) is 24.2 Å². The first-order valence-electron chi connectivity index (χ1n) is 7.77. The van der Waals surface area contributed by atoms with Crippen molar-refractivity contribution >= 4 is 23.3 Å². The van der Waals surface area contributed by atoms with Crippen LogP contribution < -0.4 is 10.3 Å². The van der Waals surface area contributed by atoms with E-state index in [1.165, 1.54) is 6.07 Å². The Hall–Kier alpha value is -2.38. The van der Waals surface area contributed by atoms with E-state index in [-0.39, 0.29) is 12.0 Å². The van der Waals surface area contributed by atoms with E-state index in [0.717, 1.165) is 0 Å². The summed E-state index contributed by atoms with van der Waals surface area (Å²) in [5.74, 6) is 0.467. The van der Waals surface area contributed by atoms with E-state index < -0.39 is 6.10 Å². The number of aliphatic hydroxyl groups excluding tert-OH is 1. The predicted octanol–water partition coefficient (Wildman–Crippen LogP) is 1.36. The monoisotopic (exact) mass is 333 g/mol. The van der Waals surface area contributed by atoms with Crippen LogP contribution in [-0.4, -0.2) is 37.9 Å². The number of benzene rings is 1. The molecule has 1 atom stereocenters. The van der Waals surface area contributed by atoms with Crippen molar-refractivity contribution < 1.29 is 23.8 Å². The number of nitrogens with zero attached hydrogens (tertiary/aromatic N) is 1. The minimum Gasteiger partial charge on any atom is -0.463 e. The van der Waals surface area contributed by atoms with Crippen LogP contribution in [0.5, 0.6) is 0 Å². The topological polar surface area (TPSA) is 89.2 Å². The molecular weight excluding hydrogens is 314 g/mol. The lowest BCUT2D eigenvalue weighted by atomic mass is 10.0. The molecule has 0 radical (unpaired) electrons. The van der Waals surface area contributed by atoms with E-state index in [1.54, 1.807) is 19.1 Å². The van der Waals surface area contributed by atoms with E-state index in [4.69, 9.17) is 13.9 Å². The van der Waals surface area contributed by atoms with Crippen LogP contribution in [0.15, 0.2) is 27.4 Å². The smallest absolute Gasteiger partial charge is 0.293 e. The van der Waals surface area contributed by atoms with Gasteiger partial charge in [0.2, 0.25) is 0 Å². The Morgan fingerprint density at radius 2 is 2.08 bits per heavy atom. The summed E-state index contributed by atoms with van der Waals surface area (Å²) >= 11 is 0. The lowest BCUT2D eigenvalue weighted by Crippen LogP contribution is -2.36. The van der Waals surface area contributed by atoms with E-state index in [1.807, 2.05) is 4.90 Å². The van der Waals surface area contributed by atoms with Crippen molar-refractivity contribution in [1.29, 1.82) is 0 Å². The summed E-state index contributed by atoms with van der Waals surface area (Å²) in [6.07, 6.45) is -0.827. The number of fused-ring (bicyclic) bond motifs is 1. The number of aliphatic hydroxyl groups is 1. The highest BCUT2D eigenvalue weighted by Crippen LogP contribution is 2.28. The second-order valence-corrected chi connectivity index (χ2v) is 5.69. The molecule has 24 heavy (non-hydrogen) atoms. The van der Waals surface area contributed by atoms with Gasteiger partial charge in [-0.3, -0.25) is 9.59 Å². The molecule has 2 aromatic rings. The van der Waals surface area contributed by atoms with Crippen molar-refractivity contribution in [2.75, 3.05) is 31.2 Å². The third-order valence-electron chi connectivity index (χ3n) is 3.99. The van der Waals surface area contributed by atoms with Gasteiger partial charge in [-0.05, 0) is 24.6 Å². The summed E-state index contributed by atoms with van der Waals surface area (Å²) in [5.41, 5.74) is 1.27. The number of carbonyl (C=O) groups is 1. The van der Waals surface area contributed by atoms with E-state index in [0.29, 0.717) is 60.8 Å². The Morgan fingerprint density at radius 1 is 1.33 bits per heavy atom. The summed E-state index contributed by atoms with van der Waals surface area (Å²) in [4.78, 5) is 24.9. The van der Waals surface area contributed by atoms with E-state index in [9.17, 15) is 14.7 Å². The second kappa shape index (κ2) is 7.02. The number of rotatable bonds is 5. The van der Waals surface area contributed by atoms with Gasteiger partial charge in [0.25, 0.3) is 6.47 Å². The van der Waals surface area contributed by atoms with Gasteiger partial charge < -0.3 is 23.9 Å². The maximum Gasteiger partial charge on any atom is 0.293 e. The fourth-order valence-corrected chi connectivity index (χ4v) is 2.80. The molecule has 1 N–H and O–H groups in total.